The number of anilines is 1. The van der Waals surface area contributed by atoms with Crippen LogP contribution >= 0.6 is 11.3 Å². The topological polar surface area (TPSA) is 122 Å². The zero-order valence-electron chi connectivity index (χ0n) is 16.4. The zero-order valence-corrected chi connectivity index (χ0v) is 17.2. The summed E-state index contributed by atoms with van der Waals surface area (Å²) in [5.74, 6) is -2.02. The lowest BCUT2D eigenvalue weighted by atomic mass is 10.0. The van der Waals surface area contributed by atoms with Crippen LogP contribution in [0.15, 0.2) is 45.0 Å². The molecule has 30 heavy (non-hydrogen) atoms. The SMILES string of the molecule is C=C/C(=C\C(N=O)=C(C)C)c1csc(NC(=O)c2nc3c(o2)=CCCC=3)c1C(=O)O. The highest BCUT2D eigenvalue weighted by atomic mass is 32.1. The average Bonchev–Trinajstić information content (AvgIpc) is 3.33. The summed E-state index contributed by atoms with van der Waals surface area (Å²) in [6.07, 6.45) is 8.25. The number of carboxylic acids is 1. The van der Waals surface area contributed by atoms with Gasteiger partial charge in [0.25, 0.3) is 5.89 Å². The third kappa shape index (κ3) is 4.20. The van der Waals surface area contributed by atoms with Crippen LogP contribution in [0.5, 0.6) is 0 Å². The van der Waals surface area contributed by atoms with E-state index in [0.717, 1.165) is 24.2 Å². The van der Waals surface area contributed by atoms with Gasteiger partial charge in [-0.25, -0.2) is 9.78 Å². The minimum atomic E-state index is -1.24. The third-order valence-electron chi connectivity index (χ3n) is 4.38. The quantitative estimate of drug-likeness (QED) is 0.516. The Labute approximate surface area is 175 Å². The first-order valence-electron chi connectivity index (χ1n) is 9.04. The number of hydrogen-bond donors (Lipinski definition) is 2. The van der Waals surface area contributed by atoms with Crippen molar-refractivity contribution in [3.8, 4) is 0 Å². The van der Waals surface area contributed by atoms with Gasteiger partial charge >= 0.3 is 11.9 Å². The lowest BCUT2D eigenvalue weighted by molar-refractivity contribution is 0.0698. The molecular weight excluding hydrogens is 406 g/mol. The fraction of sp³-hybridized carbons (Fsp3) is 0.190. The lowest BCUT2D eigenvalue weighted by Gasteiger charge is -2.05. The summed E-state index contributed by atoms with van der Waals surface area (Å²) in [5, 5.41) is 17.6. The minimum Gasteiger partial charge on any atom is -0.478 e. The van der Waals surface area contributed by atoms with E-state index in [1.54, 1.807) is 19.2 Å². The Bertz CT molecular complexity index is 1190. The number of carbonyl (C=O) groups excluding carboxylic acids is 1. The molecule has 0 unspecified atom stereocenters. The van der Waals surface area contributed by atoms with E-state index in [-0.39, 0.29) is 22.2 Å². The number of rotatable bonds is 7. The first-order valence-corrected chi connectivity index (χ1v) is 9.92. The van der Waals surface area contributed by atoms with Gasteiger partial charge in [-0.15, -0.1) is 16.2 Å². The second-order valence-electron chi connectivity index (χ2n) is 6.65. The molecule has 1 aliphatic rings. The third-order valence-corrected chi connectivity index (χ3v) is 5.27. The van der Waals surface area contributed by atoms with Crippen LogP contribution in [0, 0.1) is 4.91 Å². The molecule has 0 aliphatic heterocycles. The van der Waals surface area contributed by atoms with Gasteiger partial charge in [-0.2, -0.15) is 0 Å². The number of amides is 1. The van der Waals surface area contributed by atoms with E-state index in [1.165, 1.54) is 12.2 Å². The predicted octanol–water partition coefficient (Wildman–Crippen LogP) is 3.67. The van der Waals surface area contributed by atoms with Gasteiger partial charge in [0.05, 0.1) is 0 Å². The summed E-state index contributed by atoms with van der Waals surface area (Å²) in [4.78, 5) is 39.7. The Morgan fingerprint density at radius 2 is 2.07 bits per heavy atom. The van der Waals surface area contributed by atoms with E-state index in [9.17, 15) is 19.6 Å². The molecule has 2 aromatic rings. The van der Waals surface area contributed by atoms with Gasteiger partial charge in [-0.1, -0.05) is 18.7 Å². The van der Waals surface area contributed by atoms with Crippen molar-refractivity contribution in [3.63, 3.8) is 0 Å². The number of thiophene rings is 1. The Morgan fingerprint density at radius 1 is 1.33 bits per heavy atom. The molecule has 0 aromatic carbocycles. The molecule has 1 aliphatic carbocycles. The van der Waals surface area contributed by atoms with Crippen molar-refractivity contribution >= 4 is 45.9 Å². The van der Waals surface area contributed by atoms with Crippen molar-refractivity contribution < 1.29 is 19.1 Å². The molecule has 1 amide bonds. The summed E-state index contributed by atoms with van der Waals surface area (Å²) < 4.78 is 5.48. The van der Waals surface area contributed by atoms with Crippen molar-refractivity contribution in [3.05, 3.63) is 68.1 Å². The van der Waals surface area contributed by atoms with Crippen molar-refractivity contribution in [1.29, 1.82) is 0 Å². The molecule has 2 N–H and O–H groups in total. The van der Waals surface area contributed by atoms with E-state index >= 15 is 0 Å². The smallest absolute Gasteiger partial charge is 0.339 e. The maximum Gasteiger partial charge on any atom is 0.339 e. The summed E-state index contributed by atoms with van der Waals surface area (Å²) in [6, 6.07) is 0. The van der Waals surface area contributed by atoms with Gasteiger partial charge < -0.3 is 14.8 Å². The molecule has 0 bridgehead atoms. The monoisotopic (exact) mass is 425 g/mol. The normalized spacial score (nSPS) is 12.8. The molecule has 0 saturated carbocycles. The van der Waals surface area contributed by atoms with E-state index in [2.05, 4.69) is 22.1 Å². The molecule has 154 valence electrons. The summed E-state index contributed by atoms with van der Waals surface area (Å²) in [6.45, 7) is 7.13. The number of nitroso groups, excluding NO2 is 1. The Hall–Kier alpha value is -3.59. The number of carboxylic acid groups (broad SMARTS) is 1. The molecule has 9 heteroatoms. The summed E-state index contributed by atoms with van der Waals surface area (Å²) in [7, 11) is 0. The second-order valence-corrected chi connectivity index (χ2v) is 7.53. The fourth-order valence-corrected chi connectivity index (χ4v) is 3.81. The number of nitrogens with one attached hydrogen (secondary N) is 1. The Balaban J connectivity index is 1.99. The van der Waals surface area contributed by atoms with Gasteiger partial charge in [-0.3, -0.25) is 4.79 Å². The van der Waals surface area contributed by atoms with E-state index in [4.69, 9.17) is 4.42 Å². The predicted molar refractivity (Wildman–Crippen MR) is 115 cm³/mol. The van der Waals surface area contributed by atoms with Crippen molar-refractivity contribution in [2.75, 3.05) is 5.32 Å². The van der Waals surface area contributed by atoms with Gasteiger partial charge in [-0.05, 0) is 55.2 Å². The molecule has 3 rings (SSSR count). The number of aromatic nitrogens is 1. The van der Waals surface area contributed by atoms with Crippen LogP contribution < -0.4 is 16.1 Å². The van der Waals surface area contributed by atoms with Gasteiger partial charge in [0.15, 0.2) is 5.42 Å². The van der Waals surface area contributed by atoms with Crippen molar-refractivity contribution in [2.45, 2.75) is 26.7 Å². The lowest BCUT2D eigenvalue weighted by Crippen LogP contribution is -2.24. The van der Waals surface area contributed by atoms with E-state index in [0.29, 0.717) is 27.5 Å². The second kappa shape index (κ2) is 8.83. The van der Waals surface area contributed by atoms with E-state index < -0.39 is 11.9 Å². The zero-order chi connectivity index (χ0) is 21.8. The Kier molecular flexibility index (Phi) is 6.22. The van der Waals surface area contributed by atoms with Crippen molar-refractivity contribution in [1.82, 2.24) is 4.98 Å². The van der Waals surface area contributed by atoms with Crippen molar-refractivity contribution in [2.24, 2.45) is 5.18 Å². The van der Waals surface area contributed by atoms with E-state index in [1.807, 2.05) is 12.2 Å². The fourth-order valence-electron chi connectivity index (χ4n) is 2.85. The highest BCUT2D eigenvalue weighted by Gasteiger charge is 2.24. The first-order chi connectivity index (χ1) is 14.3. The number of carbonyl (C=O) groups is 2. The van der Waals surface area contributed by atoms with Crippen LogP contribution in [-0.2, 0) is 0 Å². The first kappa shape index (κ1) is 21.1. The minimum absolute atomic E-state index is 0.118. The number of nitrogens with zero attached hydrogens (tertiary/aromatic N) is 2. The maximum atomic E-state index is 12.6. The molecule has 0 fully saturated rings. The van der Waals surface area contributed by atoms with Gasteiger partial charge in [0.1, 0.15) is 21.6 Å². The Morgan fingerprint density at radius 3 is 2.67 bits per heavy atom. The van der Waals surface area contributed by atoms with Gasteiger partial charge in [0.2, 0.25) is 0 Å². The maximum absolute atomic E-state index is 12.6. The number of hydrogen-bond acceptors (Lipinski definition) is 7. The highest BCUT2D eigenvalue weighted by molar-refractivity contribution is 7.15. The number of aromatic carboxylic acids is 1. The molecule has 2 heterocycles. The summed E-state index contributed by atoms with van der Waals surface area (Å²) >= 11 is 1.04. The van der Waals surface area contributed by atoms with Crippen LogP contribution in [0.2, 0.25) is 0 Å². The largest absolute Gasteiger partial charge is 0.478 e. The highest BCUT2D eigenvalue weighted by Crippen LogP contribution is 2.34. The van der Waals surface area contributed by atoms with Crippen LogP contribution in [0.3, 0.4) is 0 Å². The molecule has 0 radical (unpaired) electrons. The molecule has 0 atom stereocenters. The molecule has 0 spiro atoms. The number of allylic oxidation sites excluding steroid dienone is 4. The summed E-state index contributed by atoms with van der Waals surface area (Å²) in [5.41, 5.74) is 1.98. The molecular formula is C21H19N3O5S. The average molecular weight is 425 g/mol. The molecule has 2 aromatic heterocycles. The van der Waals surface area contributed by atoms with Crippen LogP contribution in [0.4, 0.5) is 5.00 Å². The van der Waals surface area contributed by atoms with Crippen LogP contribution in [-0.4, -0.2) is 22.0 Å². The van der Waals surface area contributed by atoms with Gasteiger partial charge in [0, 0.05) is 10.9 Å². The molecule has 0 saturated heterocycles. The van der Waals surface area contributed by atoms with Crippen LogP contribution in [0.25, 0.3) is 17.7 Å². The standard InChI is InChI=1S/C21H19N3O5S/c1-4-12(9-15(24-28)11(2)3)13-10-30-20(17(13)21(26)27)23-18(25)19-22-14-7-5-6-8-16(14)29-19/h4,7-10H,1,5-6H2,2-3H3,(H,23,25)(H,26,27)/b12-9+. The molecule has 8 nitrogen and oxygen atoms in total. The number of fused-ring (bicyclic) bond motifs is 1. The van der Waals surface area contributed by atoms with Crippen LogP contribution in [0.1, 0.15) is 53.3 Å². The number of oxazole rings is 1.